The predicted molar refractivity (Wildman–Crippen MR) is 195 cm³/mol. The molecule has 0 aliphatic carbocycles. The number of ether oxygens (including phenoxy) is 3. The maximum atomic E-state index is 12.2. The van der Waals surface area contributed by atoms with E-state index in [-0.39, 0.29) is 5.78 Å². The van der Waals surface area contributed by atoms with Gasteiger partial charge in [0, 0.05) is 41.7 Å². The van der Waals surface area contributed by atoms with E-state index in [1.165, 1.54) is 13.3 Å². The Morgan fingerprint density at radius 3 is 1.74 bits per heavy atom. The zero-order valence-corrected chi connectivity index (χ0v) is 28.1. The molecule has 1 atom stereocenters. The lowest BCUT2D eigenvalue weighted by molar-refractivity contribution is 0.103. The number of nitrogen functional groups attached to an aromatic ring is 3. The second kappa shape index (κ2) is 18.2. The van der Waals surface area contributed by atoms with Gasteiger partial charge in [-0.15, -0.1) is 0 Å². The first-order valence-corrected chi connectivity index (χ1v) is 15.5. The van der Waals surface area contributed by atoms with E-state index in [9.17, 15) is 9.90 Å². The molecule has 0 saturated carbocycles. The molecule has 3 heterocycles. The first-order valence-electron chi connectivity index (χ1n) is 15.5. The molecule has 11 nitrogen and oxygen atoms in total. The molecule has 0 aliphatic heterocycles. The third kappa shape index (κ3) is 10.0. The van der Waals surface area contributed by atoms with Crippen LogP contribution in [0.25, 0.3) is 0 Å². The monoisotopic (exact) mass is 672 g/mol. The van der Waals surface area contributed by atoms with Crippen molar-refractivity contribution >= 4 is 23.2 Å². The molecule has 256 valence electrons. The predicted octanol–water partition coefficient (Wildman–Crippen LogP) is 5.92. The van der Waals surface area contributed by atoms with Crippen LogP contribution in [0, 0.1) is 0 Å². The summed E-state index contributed by atoms with van der Waals surface area (Å²) in [5.74, 6) is 3.34. The molecule has 0 spiro atoms. The minimum absolute atomic E-state index is 0.130. The lowest BCUT2D eigenvalue weighted by atomic mass is 10.0. The molecule has 0 aliphatic rings. The van der Waals surface area contributed by atoms with E-state index in [4.69, 9.17) is 31.4 Å². The summed E-state index contributed by atoms with van der Waals surface area (Å²) >= 11 is 0. The number of benzene rings is 3. The third-order valence-corrected chi connectivity index (χ3v) is 7.39. The highest BCUT2D eigenvalue weighted by Crippen LogP contribution is 2.29. The molecular formula is C39H40N6O5. The summed E-state index contributed by atoms with van der Waals surface area (Å²) in [6.07, 6.45) is 4.86. The number of hydrogen-bond donors (Lipinski definition) is 4. The van der Waals surface area contributed by atoms with Crippen LogP contribution in [0.1, 0.15) is 44.3 Å². The van der Waals surface area contributed by atoms with E-state index in [1.54, 1.807) is 69.1 Å². The van der Waals surface area contributed by atoms with Crippen LogP contribution in [0.4, 0.5) is 17.5 Å². The molecule has 3 aromatic heterocycles. The standard InChI is InChI=1S/C13H14N2O2.C13H12N2O2.C13H14N2O/c2*1-17-11-5-3-2-4-10(11)13(16)9-6-7-12(14)15-8-9;1-16-12-5-3-2-4-11(12)8-10-6-7-13(14)15-9-10/h2-8,13,16H,1H3,(H2,14,15);2-8H,1H3,(H2,14,15);2-7,9H,8H2,1H3,(H2,14,15). The van der Waals surface area contributed by atoms with E-state index in [2.05, 4.69) is 21.0 Å². The number of aliphatic hydroxyl groups excluding tert-OH is 1. The number of carbonyl (C=O) groups is 1. The lowest BCUT2D eigenvalue weighted by Crippen LogP contribution is -2.04. The Bertz CT molecular complexity index is 1950. The van der Waals surface area contributed by atoms with Gasteiger partial charge in [-0.3, -0.25) is 4.79 Å². The number of pyridine rings is 3. The van der Waals surface area contributed by atoms with Crippen LogP contribution >= 0.6 is 0 Å². The Morgan fingerprint density at radius 1 is 0.620 bits per heavy atom. The van der Waals surface area contributed by atoms with Crippen LogP contribution < -0.4 is 31.4 Å². The van der Waals surface area contributed by atoms with Crippen LogP contribution in [-0.4, -0.2) is 47.2 Å². The van der Waals surface area contributed by atoms with E-state index in [1.807, 2.05) is 60.7 Å². The molecule has 0 radical (unpaired) electrons. The number of anilines is 3. The molecule has 50 heavy (non-hydrogen) atoms. The SMILES string of the molecule is COc1ccccc1C(=O)c1ccc(N)nc1.COc1ccccc1C(O)c1ccc(N)nc1.COc1ccccc1Cc1ccc(N)nc1. The Kier molecular flexibility index (Phi) is 13.2. The fourth-order valence-corrected chi connectivity index (χ4v) is 4.79. The van der Waals surface area contributed by atoms with Gasteiger partial charge in [-0.2, -0.15) is 0 Å². The highest BCUT2D eigenvalue weighted by Gasteiger charge is 2.15. The van der Waals surface area contributed by atoms with Crippen molar-refractivity contribution in [3.8, 4) is 17.2 Å². The Balaban J connectivity index is 0.000000169. The highest BCUT2D eigenvalue weighted by atomic mass is 16.5. The molecule has 7 N–H and O–H groups in total. The van der Waals surface area contributed by atoms with Crippen molar-refractivity contribution in [2.45, 2.75) is 12.5 Å². The number of methoxy groups -OCH3 is 3. The zero-order valence-electron chi connectivity index (χ0n) is 28.1. The second-order valence-electron chi connectivity index (χ2n) is 10.7. The van der Waals surface area contributed by atoms with Gasteiger partial charge < -0.3 is 36.5 Å². The number of hydrogen-bond acceptors (Lipinski definition) is 11. The van der Waals surface area contributed by atoms with Crippen molar-refractivity contribution in [1.82, 2.24) is 15.0 Å². The van der Waals surface area contributed by atoms with E-state index < -0.39 is 6.10 Å². The summed E-state index contributed by atoms with van der Waals surface area (Å²) < 4.78 is 15.6. The Hall–Kier alpha value is -6.46. The fraction of sp³-hybridized carbons (Fsp3) is 0.128. The normalized spacial score (nSPS) is 10.7. The molecule has 6 rings (SSSR count). The van der Waals surface area contributed by atoms with E-state index in [0.717, 1.165) is 23.3 Å². The van der Waals surface area contributed by atoms with Crippen molar-refractivity contribution in [2.24, 2.45) is 0 Å². The maximum absolute atomic E-state index is 12.2. The summed E-state index contributed by atoms with van der Waals surface area (Å²) in [6.45, 7) is 0. The molecule has 6 aromatic rings. The number of para-hydroxylation sites is 3. The topological polar surface area (TPSA) is 182 Å². The van der Waals surface area contributed by atoms with Crippen LogP contribution in [0.3, 0.4) is 0 Å². The summed E-state index contributed by atoms with van der Waals surface area (Å²) in [6, 6.07) is 32.8. The number of nitrogens with zero attached hydrogens (tertiary/aromatic N) is 3. The van der Waals surface area contributed by atoms with Gasteiger partial charge in [0.25, 0.3) is 0 Å². The lowest BCUT2D eigenvalue weighted by Gasteiger charge is -2.14. The summed E-state index contributed by atoms with van der Waals surface area (Å²) in [4.78, 5) is 24.1. The largest absolute Gasteiger partial charge is 0.496 e. The van der Waals surface area contributed by atoms with Crippen LogP contribution in [-0.2, 0) is 6.42 Å². The van der Waals surface area contributed by atoms with Gasteiger partial charge in [0.15, 0.2) is 5.78 Å². The zero-order chi connectivity index (χ0) is 35.9. The molecule has 0 saturated heterocycles. The number of aliphatic hydroxyl groups is 1. The minimum atomic E-state index is -0.765. The van der Waals surface area contributed by atoms with Crippen molar-refractivity contribution in [3.05, 3.63) is 161 Å². The molecular weight excluding hydrogens is 632 g/mol. The summed E-state index contributed by atoms with van der Waals surface area (Å²) in [5.41, 5.74) is 21.2. The van der Waals surface area contributed by atoms with Crippen molar-refractivity contribution in [3.63, 3.8) is 0 Å². The van der Waals surface area contributed by atoms with E-state index >= 15 is 0 Å². The van der Waals surface area contributed by atoms with E-state index in [0.29, 0.717) is 51.2 Å². The van der Waals surface area contributed by atoms with Gasteiger partial charge in [-0.25, -0.2) is 15.0 Å². The molecule has 0 fully saturated rings. The number of carbonyl (C=O) groups excluding carboxylic acids is 1. The van der Waals surface area contributed by atoms with Crippen molar-refractivity contribution < 1.29 is 24.1 Å². The highest BCUT2D eigenvalue weighted by molar-refractivity contribution is 6.10. The molecule has 0 bridgehead atoms. The quantitative estimate of drug-likeness (QED) is 0.134. The second-order valence-corrected chi connectivity index (χ2v) is 10.7. The molecule has 3 aromatic carbocycles. The van der Waals surface area contributed by atoms with Gasteiger partial charge in [-0.05, 0) is 59.7 Å². The molecule has 0 amide bonds. The maximum Gasteiger partial charge on any atom is 0.198 e. The third-order valence-electron chi connectivity index (χ3n) is 7.39. The van der Waals surface area contributed by atoms with Gasteiger partial charge in [0.1, 0.15) is 40.8 Å². The van der Waals surface area contributed by atoms with Crippen LogP contribution in [0.5, 0.6) is 17.2 Å². The molecule has 11 heteroatoms. The minimum Gasteiger partial charge on any atom is -0.496 e. The number of aromatic nitrogens is 3. The number of ketones is 1. The van der Waals surface area contributed by atoms with Crippen LogP contribution in [0.15, 0.2) is 128 Å². The van der Waals surface area contributed by atoms with Crippen molar-refractivity contribution in [1.29, 1.82) is 0 Å². The average Bonchev–Trinajstić information content (AvgIpc) is 3.16. The van der Waals surface area contributed by atoms with Gasteiger partial charge >= 0.3 is 0 Å². The average molecular weight is 673 g/mol. The van der Waals surface area contributed by atoms with Gasteiger partial charge in [0.2, 0.25) is 0 Å². The fourth-order valence-electron chi connectivity index (χ4n) is 4.79. The summed E-state index contributed by atoms with van der Waals surface area (Å²) in [5, 5.41) is 10.2. The Morgan fingerprint density at radius 2 is 1.16 bits per heavy atom. The van der Waals surface area contributed by atoms with Gasteiger partial charge in [-0.1, -0.05) is 60.7 Å². The first-order chi connectivity index (χ1) is 24.2. The Labute approximate surface area is 291 Å². The van der Waals surface area contributed by atoms with Crippen LogP contribution in [0.2, 0.25) is 0 Å². The number of nitrogens with two attached hydrogens (primary N) is 3. The first kappa shape index (κ1) is 36.4. The number of rotatable bonds is 9. The van der Waals surface area contributed by atoms with Crippen molar-refractivity contribution in [2.75, 3.05) is 38.5 Å². The smallest absolute Gasteiger partial charge is 0.198 e. The molecule has 1 unspecified atom stereocenters. The summed E-state index contributed by atoms with van der Waals surface area (Å²) in [7, 11) is 4.79. The van der Waals surface area contributed by atoms with Gasteiger partial charge in [0.05, 0.1) is 26.9 Å².